The molecule has 4 N–H and O–H groups in total. The highest BCUT2D eigenvalue weighted by atomic mass is 35.5. The molecular formula is C32H34ClFN4O3S. The Morgan fingerprint density at radius 3 is 2.55 bits per heavy atom. The van der Waals surface area contributed by atoms with Crippen LogP contribution >= 0.6 is 23.4 Å². The van der Waals surface area contributed by atoms with Crippen molar-refractivity contribution < 1.29 is 19.0 Å². The summed E-state index contributed by atoms with van der Waals surface area (Å²) in [6.45, 7) is 4.16. The number of nitrogens with one attached hydrogen (secondary N) is 1. The molecule has 0 unspecified atom stereocenters. The summed E-state index contributed by atoms with van der Waals surface area (Å²) >= 11 is 7.77. The van der Waals surface area contributed by atoms with Gasteiger partial charge in [0.15, 0.2) is 5.16 Å². The number of amidine groups is 1. The van der Waals surface area contributed by atoms with Crippen LogP contribution in [0.4, 0.5) is 4.39 Å². The third-order valence-electron chi connectivity index (χ3n) is 7.24. The predicted molar refractivity (Wildman–Crippen MR) is 166 cm³/mol. The van der Waals surface area contributed by atoms with Crippen LogP contribution in [0.25, 0.3) is 5.69 Å². The smallest absolute Gasteiger partial charge is 0.335 e. The van der Waals surface area contributed by atoms with E-state index in [1.807, 2.05) is 35.0 Å². The molecule has 0 aliphatic carbocycles. The predicted octanol–water partition coefficient (Wildman–Crippen LogP) is 7.64. The molecule has 4 aromatic rings. The summed E-state index contributed by atoms with van der Waals surface area (Å²) in [4.78, 5) is 16.8. The zero-order valence-corrected chi connectivity index (χ0v) is 25.4. The van der Waals surface area contributed by atoms with Crippen LogP contribution in [0.2, 0.25) is 5.02 Å². The Hall–Kier alpha value is -3.82. The van der Waals surface area contributed by atoms with E-state index < -0.39 is 11.4 Å². The molecule has 0 saturated carbocycles. The van der Waals surface area contributed by atoms with E-state index in [-0.39, 0.29) is 17.2 Å². The maximum absolute atomic E-state index is 13.9. The molecule has 0 aliphatic heterocycles. The summed E-state index contributed by atoms with van der Waals surface area (Å²) in [5.74, 6) is -0.115. The number of hydrogen-bond donors (Lipinski definition) is 3. The fourth-order valence-electron chi connectivity index (χ4n) is 4.82. The van der Waals surface area contributed by atoms with Gasteiger partial charge in [0.25, 0.3) is 0 Å². The van der Waals surface area contributed by atoms with Crippen molar-refractivity contribution in [1.82, 2.24) is 9.55 Å². The number of benzene rings is 3. The number of aromatic carboxylic acids is 1. The van der Waals surface area contributed by atoms with Crippen LogP contribution in [0, 0.1) is 11.2 Å². The van der Waals surface area contributed by atoms with Crippen molar-refractivity contribution in [2.75, 3.05) is 7.11 Å². The number of ether oxygens (including phenoxy) is 1. The maximum atomic E-state index is 13.9. The number of carbonyl (C=O) groups is 1. The molecule has 0 aliphatic rings. The minimum Gasteiger partial charge on any atom is -0.495 e. The van der Waals surface area contributed by atoms with Gasteiger partial charge in [-0.1, -0.05) is 55.4 Å². The zero-order valence-electron chi connectivity index (χ0n) is 23.8. The number of methoxy groups -OCH3 is 1. The Morgan fingerprint density at radius 1 is 1.14 bits per heavy atom. The number of aromatic nitrogens is 2. The van der Waals surface area contributed by atoms with Gasteiger partial charge in [-0.25, -0.2) is 14.2 Å². The van der Waals surface area contributed by atoms with Gasteiger partial charge in [-0.15, -0.1) is 0 Å². The number of halogens is 2. The molecule has 0 amide bonds. The van der Waals surface area contributed by atoms with E-state index in [4.69, 9.17) is 32.5 Å². The Balaban J connectivity index is 1.65. The van der Waals surface area contributed by atoms with E-state index in [1.54, 1.807) is 31.4 Å². The van der Waals surface area contributed by atoms with E-state index in [2.05, 4.69) is 13.8 Å². The van der Waals surface area contributed by atoms with Crippen molar-refractivity contribution in [2.24, 2.45) is 5.73 Å². The summed E-state index contributed by atoms with van der Waals surface area (Å²) in [6.07, 6.45) is 4.41. The summed E-state index contributed by atoms with van der Waals surface area (Å²) in [7, 11) is 1.58. The van der Waals surface area contributed by atoms with Gasteiger partial charge in [0.05, 0.1) is 35.4 Å². The van der Waals surface area contributed by atoms with Crippen molar-refractivity contribution in [1.29, 1.82) is 5.41 Å². The van der Waals surface area contributed by atoms with E-state index in [1.165, 1.54) is 23.9 Å². The molecule has 7 nitrogen and oxygen atoms in total. The first kappa shape index (κ1) is 31.1. The Labute approximate surface area is 254 Å². The average molecular weight is 609 g/mol. The number of nitrogens with zero attached hydrogens (tertiary/aromatic N) is 2. The Kier molecular flexibility index (Phi) is 9.96. The minimum absolute atomic E-state index is 0.138. The van der Waals surface area contributed by atoms with E-state index in [0.717, 1.165) is 40.9 Å². The summed E-state index contributed by atoms with van der Waals surface area (Å²) < 4.78 is 21.3. The fourth-order valence-corrected chi connectivity index (χ4v) is 5.95. The second kappa shape index (κ2) is 13.4. The van der Waals surface area contributed by atoms with E-state index in [9.17, 15) is 14.3 Å². The first-order valence-electron chi connectivity index (χ1n) is 13.5. The van der Waals surface area contributed by atoms with Gasteiger partial charge in [0.2, 0.25) is 0 Å². The molecule has 1 heterocycles. The number of hydrogen-bond acceptors (Lipinski definition) is 5. The number of carboxylic acids is 1. The van der Waals surface area contributed by atoms with Gasteiger partial charge in [-0.05, 0) is 78.4 Å². The highest BCUT2D eigenvalue weighted by Gasteiger charge is 2.30. The standard InChI is InChI=1S/C32H34ClFN4O3S/c1-32(2,22-10-15-26(33)27(17-22)41-3)28-18-37-31(38(28)24-13-11-23(34)12-14-24)42-19-20-8-9-21(25(16-20)30(39)40)6-4-5-7-29(35)36/h8-18H,4-7,19H2,1-3H3,(H3,35,36)(H,39,40). The first-order chi connectivity index (χ1) is 20.0. The van der Waals surface area contributed by atoms with Gasteiger partial charge in [-0.3, -0.25) is 9.98 Å². The van der Waals surface area contributed by atoms with Crippen LogP contribution in [0.3, 0.4) is 0 Å². The van der Waals surface area contributed by atoms with E-state index >= 15 is 0 Å². The molecule has 0 radical (unpaired) electrons. The lowest BCUT2D eigenvalue weighted by Gasteiger charge is -2.28. The lowest BCUT2D eigenvalue weighted by Crippen LogP contribution is -2.23. The molecule has 0 saturated heterocycles. The number of imidazole rings is 1. The number of rotatable bonds is 13. The molecule has 1 aromatic heterocycles. The molecule has 42 heavy (non-hydrogen) atoms. The minimum atomic E-state index is -0.973. The fraction of sp³-hybridized carbons (Fsp3) is 0.281. The van der Waals surface area contributed by atoms with Crippen molar-refractivity contribution in [3.63, 3.8) is 0 Å². The monoisotopic (exact) mass is 608 g/mol. The highest BCUT2D eigenvalue weighted by molar-refractivity contribution is 7.98. The Bertz CT molecular complexity index is 1590. The number of nitrogens with two attached hydrogens (primary N) is 1. The number of carboxylic acid groups (broad SMARTS) is 1. The third-order valence-corrected chi connectivity index (χ3v) is 8.58. The van der Waals surface area contributed by atoms with Crippen molar-refractivity contribution in [3.8, 4) is 11.4 Å². The van der Waals surface area contributed by atoms with Crippen LogP contribution in [0.5, 0.6) is 5.75 Å². The van der Waals surface area contributed by atoms with Crippen LogP contribution in [0.1, 0.15) is 65.9 Å². The molecule has 3 aromatic carbocycles. The first-order valence-corrected chi connectivity index (χ1v) is 14.9. The van der Waals surface area contributed by atoms with Crippen LogP contribution in [-0.4, -0.2) is 33.6 Å². The van der Waals surface area contributed by atoms with Crippen molar-refractivity contribution >= 4 is 35.2 Å². The molecular weight excluding hydrogens is 575 g/mol. The molecule has 220 valence electrons. The van der Waals surface area contributed by atoms with Crippen LogP contribution in [-0.2, 0) is 17.6 Å². The van der Waals surface area contributed by atoms with Gasteiger partial charge < -0.3 is 15.6 Å². The summed E-state index contributed by atoms with van der Waals surface area (Å²) in [5, 5.41) is 18.4. The molecule has 0 spiro atoms. The van der Waals surface area contributed by atoms with Crippen LogP contribution < -0.4 is 10.5 Å². The number of unbranched alkanes of at least 4 members (excludes halogenated alkanes) is 1. The maximum Gasteiger partial charge on any atom is 0.335 e. The normalized spacial score (nSPS) is 11.5. The molecule has 0 bridgehead atoms. The van der Waals surface area contributed by atoms with Crippen molar-refractivity contribution in [2.45, 2.75) is 55.9 Å². The molecule has 4 rings (SSSR count). The van der Waals surface area contributed by atoms with Crippen LogP contribution in [0.15, 0.2) is 72.0 Å². The highest BCUT2D eigenvalue weighted by Crippen LogP contribution is 2.39. The lowest BCUT2D eigenvalue weighted by atomic mass is 9.81. The number of thioether (sulfide) groups is 1. The molecule has 10 heteroatoms. The Morgan fingerprint density at radius 2 is 1.88 bits per heavy atom. The van der Waals surface area contributed by atoms with E-state index in [0.29, 0.717) is 34.5 Å². The zero-order chi connectivity index (χ0) is 30.4. The molecule has 0 fully saturated rings. The largest absolute Gasteiger partial charge is 0.495 e. The number of aryl methyl sites for hydroxylation is 1. The van der Waals surface area contributed by atoms with Gasteiger partial charge >= 0.3 is 5.97 Å². The lowest BCUT2D eigenvalue weighted by molar-refractivity contribution is 0.0695. The molecule has 0 atom stereocenters. The average Bonchev–Trinajstić information content (AvgIpc) is 3.39. The van der Waals surface area contributed by atoms with Gasteiger partial charge in [-0.2, -0.15) is 0 Å². The second-order valence-electron chi connectivity index (χ2n) is 10.5. The van der Waals surface area contributed by atoms with Gasteiger partial charge in [0.1, 0.15) is 11.6 Å². The summed E-state index contributed by atoms with van der Waals surface area (Å²) in [6, 6.07) is 17.4. The quantitative estimate of drug-likeness (QED) is 0.0622. The second-order valence-corrected chi connectivity index (χ2v) is 11.9. The van der Waals surface area contributed by atoms with Crippen molar-refractivity contribution in [3.05, 3.63) is 106 Å². The van der Waals surface area contributed by atoms with Gasteiger partial charge in [0, 0.05) is 23.3 Å². The third kappa shape index (κ3) is 7.14. The topological polar surface area (TPSA) is 114 Å². The SMILES string of the molecule is COc1cc(C(C)(C)c2cnc(SCc3ccc(CCCCC(=N)N)c(C(=O)O)c3)n2-c2ccc(F)cc2)ccc1Cl. The summed E-state index contributed by atoms with van der Waals surface area (Å²) in [5.41, 5.74) is 9.39.